The molecule has 2 N–H and O–H groups in total. The van der Waals surface area contributed by atoms with Crippen molar-refractivity contribution in [1.82, 2.24) is 4.57 Å². The summed E-state index contributed by atoms with van der Waals surface area (Å²) in [7, 11) is 1.90. The van der Waals surface area contributed by atoms with Crippen LogP contribution in [0.1, 0.15) is 22.4 Å². The quantitative estimate of drug-likeness (QED) is 0.853. The Kier molecular flexibility index (Phi) is 2.88. The molecule has 1 aromatic heterocycles. The lowest BCUT2D eigenvalue weighted by atomic mass is 10.1. The third kappa shape index (κ3) is 1.90. The minimum Gasteiger partial charge on any atom is -0.384 e. The zero-order valence-corrected chi connectivity index (χ0v) is 10.1. The first-order valence-electron chi connectivity index (χ1n) is 5.52. The van der Waals surface area contributed by atoms with E-state index in [0.29, 0.717) is 11.4 Å². The molecule has 0 spiro atoms. The molecular formula is C14H15N3. The second-order valence-electron chi connectivity index (χ2n) is 4.17. The molecule has 0 aliphatic rings. The molecule has 0 bridgehead atoms. The van der Waals surface area contributed by atoms with Crippen LogP contribution in [0.2, 0.25) is 0 Å². The van der Waals surface area contributed by atoms with Crippen molar-refractivity contribution in [2.75, 3.05) is 5.73 Å². The van der Waals surface area contributed by atoms with E-state index in [1.165, 1.54) is 5.56 Å². The van der Waals surface area contributed by atoms with Gasteiger partial charge in [-0.1, -0.05) is 30.3 Å². The first kappa shape index (κ1) is 11.3. The molecule has 2 aromatic rings. The highest BCUT2D eigenvalue weighted by Gasteiger charge is 2.15. The molecule has 0 atom stereocenters. The van der Waals surface area contributed by atoms with Gasteiger partial charge in [-0.25, -0.2) is 0 Å². The van der Waals surface area contributed by atoms with Gasteiger partial charge in [-0.15, -0.1) is 0 Å². The van der Waals surface area contributed by atoms with Gasteiger partial charge in [0, 0.05) is 19.2 Å². The van der Waals surface area contributed by atoms with Crippen molar-refractivity contribution in [3.63, 3.8) is 0 Å². The summed E-state index contributed by atoms with van der Waals surface area (Å²) in [5.74, 6) is 0.552. The molecule has 86 valence electrons. The number of anilines is 1. The number of nitrogens with two attached hydrogens (primary N) is 1. The zero-order valence-electron chi connectivity index (χ0n) is 10.1. The van der Waals surface area contributed by atoms with E-state index in [4.69, 9.17) is 11.0 Å². The Morgan fingerprint density at radius 3 is 2.47 bits per heavy atom. The molecule has 0 aliphatic heterocycles. The molecule has 0 fully saturated rings. The normalized spacial score (nSPS) is 10.2. The van der Waals surface area contributed by atoms with Crippen LogP contribution in [0, 0.1) is 18.3 Å². The van der Waals surface area contributed by atoms with Gasteiger partial charge in [-0.3, -0.25) is 0 Å². The van der Waals surface area contributed by atoms with E-state index in [9.17, 15) is 0 Å². The Hall–Kier alpha value is -2.21. The van der Waals surface area contributed by atoms with Crippen molar-refractivity contribution in [3.05, 3.63) is 52.7 Å². The number of rotatable bonds is 2. The van der Waals surface area contributed by atoms with Gasteiger partial charge in [-0.2, -0.15) is 5.26 Å². The summed E-state index contributed by atoms with van der Waals surface area (Å²) >= 11 is 0. The molecule has 3 heteroatoms. The van der Waals surface area contributed by atoms with Crippen LogP contribution in [0.4, 0.5) is 5.82 Å². The van der Waals surface area contributed by atoms with Gasteiger partial charge in [0.1, 0.15) is 11.9 Å². The monoisotopic (exact) mass is 225 g/mol. The Morgan fingerprint density at radius 2 is 1.94 bits per heavy atom. The van der Waals surface area contributed by atoms with Crippen LogP contribution in [0.3, 0.4) is 0 Å². The van der Waals surface area contributed by atoms with Crippen LogP contribution in [0.5, 0.6) is 0 Å². The molecule has 1 aromatic carbocycles. The van der Waals surface area contributed by atoms with E-state index in [0.717, 1.165) is 17.7 Å². The average molecular weight is 225 g/mol. The third-order valence-corrected chi connectivity index (χ3v) is 3.16. The fourth-order valence-corrected chi connectivity index (χ4v) is 2.08. The van der Waals surface area contributed by atoms with E-state index >= 15 is 0 Å². The van der Waals surface area contributed by atoms with Gasteiger partial charge in [-0.05, 0) is 18.1 Å². The predicted octanol–water partition coefficient (Wildman–Crippen LogP) is 2.38. The Bertz CT molecular complexity index is 574. The van der Waals surface area contributed by atoms with Crippen LogP contribution in [0.25, 0.3) is 0 Å². The van der Waals surface area contributed by atoms with E-state index in [2.05, 4.69) is 18.2 Å². The Balaban J connectivity index is 2.45. The SMILES string of the molecule is Cc1c(C#N)c(N)n(C)c1Cc1ccccc1. The van der Waals surface area contributed by atoms with Crippen molar-refractivity contribution < 1.29 is 0 Å². The highest BCUT2D eigenvalue weighted by atomic mass is 15.0. The second kappa shape index (κ2) is 4.34. The van der Waals surface area contributed by atoms with Crippen molar-refractivity contribution in [2.45, 2.75) is 13.3 Å². The predicted molar refractivity (Wildman–Crippen MR) is 68.5 cm³/mol. The topological polar surface area (TPSA) is 54.7 Å². The first-order valence-corrected chi connectivity index (χ1v) is 5.52. The molecule has 17 heavy (non-hydrogen) atoms. The number of hydrogen-bond donors (Lipinski definition) is 1. The summed E-state index contributed by atoms with van der Waals surface area (Å²) in [4.78, 5) is 0. The van der Waals surface area contributed by atoms with E-state index in [1.54, 1.807) is 0 Å². The summed E-state index contributed by atoms with van der Waals surface area (Å²) in [6.07, 6.45) is 0.801. The lowest BCUT2D eigenvalue weighted by Gasteiger charge is -2.06. The van der Waals surface area contributed by atoms with E-state index in [-0.39, 0.29) is 0 Å². The van der Waals surface area contributed by atoms with Crippen LogP contribution >= 0.6 is 0 Å². The average Bonchev–Trinajstić information content (AvgIpc) is 2.55. The molecule has 0 aliphatic carbocycles. The van der Waals surface area contributed by atoms with Crippen LogP contribution in [-0.2, 0) is 13.5 Å². The fraction of sp³-hybridized carbons (Fsp3) is 0.214. The maximum Gasteiger partial charge on any atom is 0.121 e. The maximum absolute atomic E-state index is 9.06. The molecule has 3 nitrogen and oxygen atoms in total. The number of hydrogen-bond acceptors (Lipinski definition) is 2. The van der Waals surface area contributed by atoms with Gasteiger partial charge in [0.25, 0.3) is 0 Å². The summed E-state index contributed by atoms with van der Waals surface area (Å²) in [5, 5.41) is 9.06. The largest absolute Gasteiger partial charge is 0.384 e. The summed E-state index contributed by atoms with van der Waals surface area (Å²) in [6, 6.07) is 12.3. The van der Waals surface area contributed by atoms with Crippen molar-refractivity contribution in [2.24, 2.45) is 7.05 Å². The summed E-state index contributed by atoms with van der Waals surface area (Å²) in [5.41, 5.74) is 9.81. The van der Waals surface area contributed by atoms with Crippen molar-refractivity contribution in [1.29, 1.82) is 5.26 Å². The highest BCUT2D eigenvalue weighted by Crippen LogP contribution is 2.24. The standard InChI is InChI=1S/C14H15N3/c1-10-12(9-15)14(16)17(2)13(10)8-11-6-4-3-5-7-11/h3-7H,8,16H2,1-2H3. The third-order valence-electron chi connectivity index (χ3n) is 3.16. The van der Waals surface area contributed by atoms with Gasteiger partial charge >= 0.3 is 0 Å². The van der Waals surface area contributed by atoms with E-state index in [1.807, 2.05) is 36.7 Å². The minimum atomic E-state index is 0.552. The summed E-state index contributed by atoms with van der Waals surface area (Å²) in [6.45, 7) is 1.95. The summed E-state index contributed by atoms with van der Waals surface area (Å²) < 4.78 is 1.90. The fourth-order valence-electron chi connectivity index (χ4n) is 2.08. The molecular weight excluding hydrogens is 210 g/mol. The number of benzene rings is 1. The molecule has 0 saturated heterocycles. The lowest BCUT2D eigenvalue weighted by Crippen LogP contribution is -2.02. The molecule has 2 rings (SSSR count). The van der Waals surface area contributed by atoms with Crippen LogP contribution in [0.15, 0.2) is 30.3 Å². The Morgan fingerprint density at radius 1 is 1.29 bits per heavy atom. The maximum atomic E-state index is 9.06. The van der Waals surface area contributed by atoms with Crippen molar-refractivity contribution >= 4 is 5.82 Å². The minimum absolute atomic E-state index is 0.552. The smallest absolute Gasteiger partial charge is 0.121 e. The lowest BCUT2D eigenvalue weighted by molar-refractivity contribution is 0.854. The van der Waals surface area contributed by atoms with E-state index < -0.39 is 0 Å². The van der Waals surface area contributed by atoms with Gasteiger partial charge < -0.3 is 10.3 Å². The molecule has 1 heterocycles. The van der Waals surface area contributed by atoms with Crippen LogP contribution < -0.4 is 5.73 Å². The molecule has 0 saturated carbocycles. The second-order valence-corrected chi connectivity index (χ2v) is 4.17. The Labute approximate surface area is 101 Å². The number of aromatic nitrogens is 1. The zero-order chi connectivity index (χ0) is 12.4. The van der Waals surface area contributed by atoms with Gasteiger partial charge in [0.15, 0.2) is 0 Å². The molecule has 0 unspecified atom stereocenters. The molecule has 0 radical (unpaired) electrons. The number of nitriles is 1. The van der Waals surface area contributed by atoms with Gasteiger partial charge in [0.05, 0.1) is 5.56 Å². The van der Waals surface area contributed by atoms with Crippen LogP contribution in [-0.4, -0.2) is 4.57 Å². The first-order chi connectivity index (χ1) is 8.15. The van der Waals surface area contributed by atoms with Gasteiger partial charge in [0.2, 0.25) is 0 Å². The number of nitrogens with zero attached hydrogens (tertiary/aromatic N) is 2. The number of nitrogen functional groups attached to an aromatic ring is 1. The highest BCUT2D eigenvalue weighted by molar-refractivity contribution is 5.58. The molecule has 0 amide bonds. The van der Waals surface area contributed by atoms with Crippen molar-refractivity contribution in [3.8, 4) is 6.07 Å².